The molecule has 0 aromatic heterocycles. The average Bonchev–Trinajstić information content (AvgIpc) is 2.64. The lowest BCUT2D eigenvalue weighted by Gasteiger charge is -2.22. The second-order valence-corrected chi connectivity index (χ2v) is 6.44. The molecule has 1 aromatic rings. The molecule has 2 unspecified atom stereocenters. The third-order valence-electron chi connectivity index (χ3n) is 3.39. The Kier molecular flexibility index (Phi) is 10.2. The largest absolute Gasteiger partial charge is 0.386 e. The highest BCUT2D eigenvalue weighted by Gasteiger charge is 2.25. The smallest absolute Gasteiger partial charge is 0.253 e. The molecule has 1 rings (SSSR count). The van der Waals surface area contributed by atoms with Crippen molar-refractivity contribution >= 4 is 41.1 Å². The molecule has 1 aromatic carbocycles. The van der Waals surface area contributed by atoms with E-state index in [4.69, 9.17) is 23.2 Å². The molecule has 0 aliphatic heterocycles. The topological polar surface area (TPSA) is 78.4 Å². The van der Waals surface area contributed by atoms with E-state index in [0.717, 1.165) is 0 Å². The van der Waals surface area contributed by atoms with Crippen molar-refractivity contribution in [3.8, 4) is 0 Å². The number of nitrogens with one attached hydrogen (secondary N) is 2. The molecular formula is C17H20Cl2F2N2O3. The monoisotopic (exact) mass is 408 g/mol. The fourth-order valence-electron chi connectivity index (χ4n) is 1.99. The van der Waals surface area contributed by atoms with Crippen LogP contribution in [0.1, 0.15) is 23.7 Å². The Morgan fingerprint density at radius 3 is 2.38 bits per heavy atom. The minimum Gasteiger partial charge on any atom is -0.386 e. The van der Waals surface area contributed by atoms with E-state index in [1.165, 1.54) is 6.08 Å². The number of aliphatic hydroxyl groups is 1. The number of carbonyl (C=O) groups excluding carboxylic acids is 2. The van der Waals surface area contributed by atoms with Crippen LogP contribution < -0.4 is 10.6 Å². The number of amides is 2. The molecule has 0 radical (unpaired) electrons. The maximum Gasteiger partial charge on any atom is 0.253 e. The van der Waals surface area contributed by atoms with Crippen LogP contribution in [0.3, 0.4) is 0 Å². The molecule has 0 heterocycles. The summed E-state index contributed by atoms with van der Waals surface area (Å²) in [6, 6.07) is 5.13. The van der Waals surface area contributed by atoms with Crippen molar-refractivity contribution in [2.45, 2.75) is 23.4 Å². The summed E-state index contributed by atoms with van der Waals surface area (Å²) >= 11 is 10.8. The fourth-order valence-corrected chi connectivity index (χ4v) is 2.12. The fraction of sp³-hybridized carbons (Fsp3) is 0.412. The summed E-state index contributed by atoms with van der Waals surface area (Å²) < 4.78 is 25.0. The number of hydrogen-bond acceptors (Lipinski definition) is 3. The molecule has 3 N–H and O–H groups in total. The van der Waals surface area contributed by atoms with Gasteiger partial charge in [0.25, 0.3) is 5.91 Å². The summed E-state index contributed by atoms with van der Waals surface area (Å²) in [5.74, 6) is -1.15. The summed E-state index contributed by atoms with van der Waals surface area (Å²) in [6.45, 7) is -1.24. The Balaban J connectivity index is 2.67. The lowest BCUT2D eigenvalue weighted by atomic mass is 10.0. The molecule has 26 heavy (non-hydrogen) atoms. The summed E-state index contributed by atoms with van der Waals surface area (Å²) in [7, 11) is 0. The molecule has 0 saturated carbocycles. The Hall–Kier alpha value is -1.70. The SMILES string of the molecule is O=C(C=Cc1ccc(C(O)C(CF)NC(=O)C(Cl)Cl)cc1)NCCCF. The van der Waals surface area contributed by atoms with E-state index in [0.29, 0.717) is 11.1 Å². The third-order valence-corrected chi connectivity index (χ3v) is 3.78. The van der Waals surface area contributed by atoms with E-state index in [1.807, 2.05) is 0 Å². The van der Waals surface area contributed by atoms with Crippen LogP contribution in [-0.4, -0.2) is 47.7 Å². The molecule has 144 valence electrons. The predicted molar refractivity (Wildman–Crippen MR) is 97.4 cm³/mol. The van der Waals surface area contributed by atoms with E-state index in [1.54, 1.807) is 30.3 Å². The molecule has 5 nitrogen and oxygen atoms in total. The first-order chi connectivity index (χ1) is 12.4. The number of aliphatic hydroxyl groups excluding tert-OH is 1. The zero-order chi connectivity index (χ0) is 19.5. The normalized spacial score (nSPS) is 13.6. The van der Waals surface area contributed by atoms with Gasteiger partial charge >= 0.3 is 0 Å². The van der Waals surface area contributed by atoms with Crippen LogP contribution in [-0.2, 0) is 9.59 Å². The maximum atomic E-state index is 13.1. The molecular weight excluding hydrogens is 389 g/mol. The van der Waals surface area contributed by atoms with Crippen LogP contribution in [0.4, 0.5) is 8.78 Å². The van der Waals surface area contributed by atoms with Crippen molar-refractivity contribution in [2.24, 2.45) is 0 Å². The van der Waals surface area contributed by atoms with Crippen molar-refractivity contribution in [3.63, 3.8) is 0 Å². The van der Waals surface area contributed by atoms with Gasteiger partial charge in [-0.05, 0) is 23.6 Å². The Morgan fingerprint density at radius 1 is 1.19 bits per heavy atom. The first kappa shape index (κ1) is 22.3. The molecule has 0 aliphatic carbocycles. The highest BCUT2D eigenvalue weighted by Crippen LogP contribution is 2.19. The van der Waals surface area contributed by atoms with Crippen molar-refractivity contribution < 1.29 is 23.5 Å². The minimum atomic E-state index is -1.36. The molecule has 9 heteroatoms. The van der Waals surface area contributed by atoms with Gasteiger partial charge in [-0.3, -0.25) is 14.0 Å². The number of benzene rings is 1. The minimum absolute atomic E-state index is 0.257. The second-order valence-electron chi connectivity index (χ2n) is 5.35. The Labute approximate surface area is 160 Å². The summed E-state index contributed by atoms with van der Waals surface area (Å²) in [5.41, 5.74) is 1.04. The van der Waals surface area contributed by atoms with E-state index >= 15 is 0 Å². The number of halogens is 4. The summed E-state index contributed by atoms with van der Waals surface area (Å²) in [5, 5.41) is 14.9. The lowest BCUT2D eigenvalue weighted by Crippen LogP contribution is -2.43. The number of rotatable bonds is 10. The molecule has 0 saturated heterocycles. The van der Waals surface area contributed by atoms with Crippen LogP contribution in [0, 0.1) is 0 Å². The molecule has 2 atom stereocenters. The van der Waals surface area contributed by atoms with Gasteiger partial charge in [0, 0.05) is 12.6 Å². The molecule has 2 amide bonds. The number of carbonyl (C=O) groups is 2. The van der Waals surface area contributed by atoms with Crippen LogP contribution in [0.15, 0.2) is 30.3 Å². The zero-order valence-electron chi connectivity index (χ0n) is 13.8. The van der Waals surface area contributed by atoms with Gasteiger partial charge in [0.05, 0.1) is 12.7 Å². The standard InChI is InChI=1S/C17H20Cl2F2N2O3/c18-16(19)17(26)23-13(10-21)15(25)12-5-2-11(3-6-12)4-7-14(24)22-9-1-8-20/h2-7,13,15-16,25H,1,8-10H2,(H,22,24)(H,23,26). The Morgan fingerprint density at radius 2 is 1.85 bits per heavy atom. The quantitative estimate of drug-likeness (QED) is 0.316. The first-order valence-electron chi connectivity index (χ1n) is 7.83. The van der Waals surface area contributed by atoms with Crippen LogP contribution in [0.5, 0.6) is 0 Å². The van der Waals surface area contributed by atoms with Gasteiger partial charge in [-0.25, -0.2) is 4.39 Å². The van der Waals surface area contributed by atoms with Crippen molar-refractivity contribution in [3.05, 3.63) is 41.5 Å². The maximum absolute atomic E-state index is 13.1. The molecule has 0 bridgehead atoms. The van der Waals surface area contributed by atoms with E-state index in [-0.39, 0.29) is 18.9 Å². The van der Waals surface area contributed by atoms with Gasteiger partial charge in [-0.1, -0.05) is 47.5 Å². The van der Waals surface area contributed by atoms with Gasteiger partial charge in [-0.2, -0.15) is 0 Å². The number of alkyl halides is 4. The zero-order valence-corrected chi connectivity index (χ0v) is 15.3. The highest BCUT2D eigenvalue weighted by atomic mass is 35.5. The van der Waals surface area contributed by atoms with E-state index in [2.05, 4.69) is 10.6 Å². The highest BCUT2D eigenvalue weighted by molar-refractivity contribution is 6.53. The van der Waals surface area contributed by atoms with Gasteiger partial charge in [0.2, 0.25) is 5.91 Å². The molecule has 0 aliphatic rings. The number of hydrogen-bond donors (Lipinski definition) is 3. The summed E-state index contributed by atoms with van der Waals surface area (Å²) in [6.07, 6.45) is 1.81. The third kappa shape index (κ3) is 7.68. The van der Waals surface area contributed by atoms with Crippen molar-refractivity contribution in [2.75, 3.05) is 19.9 Å². The van der Waals surface area contributed by atoms with E-state index < -0.39 is 36.2 Å². The van der Waals surface area contributed by atoms with Gasteiger partial charge in [-0.15, -0.1) is 0 Å². The molecule has 0 spiro atoms. The average molecular weight is 409 g/mol. The van der Waals surface area contributed by atoms with Crippen LogP contribution in [0.25, 0.3) is 6.08 Å². The molecule has 0 fully saturated rings. The van der Waals surface area contributed by atoms with Crippen molar-refractivity contribution in [1.29, 1.82) is 0 Å². The van der Waals surface area contributed by atoms with Gasteiger partial charge in [0.15, 0.2) is 4.84 Å². The van der Waals surface area contributed by atoms with Crippen LogP contribution in [0.2, 0.25) is 0 Å². The van der Waals surface area contributed by atoms with Gasteiger partial charge in [0.1, 0.15) is 12.8 Å². The van der Waals surface area contributed by atoms with Gasteiger partial charge < -0.3 is 15.7 Å². The summed E-state index contributed by atoms with van der Waals surface area (Å²) in [4.78, 5) is 21.6. The second kappa shape index (κ2) is 11.8. The van der Waals surface area contributed by atoms with Crippen LogP contribution >= 0.6 is 23.2 Å². The predicted octanol–water partition coefficient (Wildman–Crippen LogP) is 2.47. The Bertz CT molecular complexity index is 613. The lowest BCUT2D eigenvalue weighted by molar-refractivity contribution is -0.121. The van der Waals surface area contributed by atoms with E-state index in [9.17, 15) is 23.5 Å². The first-order valence-corrected chi connectivity index (χ1v) is 8.70. The van der Waals surface area contributed by atoms with Crippen molar-refractivity contribution in [1.82, 2.24) is 10.6 Å².